The maximum Gasteiger partial charge on any atom is 0.227 e. The van der Waals surface area contributed by atoms with Crippen molar-refractivity contribution >= 4 is 11.6 Å². The maximum absolute atomic E-state index is 13.8. The second-order valence-electron chi connectivity index (χ2n) is 9.03. The molecule has 28 heavy (non-hydrogen) atoms. The molecule has 2 fully saturated rings. The fraction of sp³-hybridized carbons (Fsp3) is 0.458. The number of benzene rings is 2. The Balaban J connectivity index is 1.60. The van der Waals surface area contributed by atoms with Crippen LogP contribution in [0.2, 0.25) is 0 Å². The van der Waals surface area contributed by atoms with Crippen LogP contribution in [0.25, 0.3) is 0 Å². The molecule has 0 N–H and O–H groups in total. The van der Waals surface area contributed by atoms with Gasteiger partial charge in [0, 0.05) is 24.3 Å². The van der Waals surface area contributed by atoms with E-state index in [4.69, 9.17) is 0 Å². The van der Waals surface area contributed by atoms with Crippen molar-refractivity contribution in [2.45, 2.75) is 57.5 Å². The Kier molecular flexibility index (Phi) is 4.68. The van der Waals surface area contributed by atoms with Crippen LogP contribution in [-0.4, -0.2) is 35.0 Å². The molecule has 0 bridgehead atoms. The first-order valence-electron chi connectivity index (χ1n) is 10.2. The predicted molar refractivity (Wildman–Crippen MR) is 111 cm³/mol. The van der Waals surface area contributed by atoms with E-state index in [9.17, 15) is 9.18 Å². The number of amides is 1. The van der Waals surface area contributed by atoms with Crippen LogP contribution in [0.1, 0.15) is 44.2 Å². The highest BCUT2D eigenvalue weighted by atomic mass is 19.1. The lowest BCUT2D eigenvalue weighted by molar-refractivity contribution is -0.134. The van der Waals surface area contributed by atoms with Gasteiger partial charge in [-0.25, -0.2) is 4.39 Å². The number of hydrogen-bond donors (Lipinski definition) is 0. The van der Waals surface area contributed by atoms with Crippen molar-refractivity contribution in [2.75, 3.05) is 18.0 Å². The topological polar surface area (TPSA) is 23.6 Å². The Bertz CT molecular complexity index is 894. The number of rotatable bonds is 3. The minimum atomic E-state index is -0.215. The minimum absolute atomic E-state index is 0.126. The van der Waals surface area contributed by atoms with Crippen molar-refractivity contribution in [2.24, 2.45) is 0 Å². The first kappa shape index (κ1) is 19.0. The molecule has 2 aromatic rings. The van der Waals surface area contributed by atoms with E-state index in [-0.39, 0.29) is 22.8 Å². The molecule has 2 aliphatic rings. The van der Waals surface area contributed by atoms with Gasteiger partial charge in [-0.2, -0.15) is 0 Å². The lowest BCUT2D eigenvalue weighted by Crippen LogP contribution is -2.49. The number of likely N-dealkylation sites (tertiary alicyclic amines) is 1. The van der Waals surface area contributed by atoms with Crippen molar-refractivity contribution < 1.29 is 9.18 Å². The fourth-order valence-corrected chi connectivity index (χ4v) is 5.29. The zero-order valence-corrected chi connectivity index (χ0v) is 17.0. The molecule has 1 unspecified atom stereocenters. The van der Waals surface area contributed by atoms with Crippen LogP contribution in [0.3, 0.4) is 0 Å². The van der Waals surface area contributed by atoms with Gasteiger partial charge < -0.3 is 9.80 Å². The summed E-state index contributed by atoms with van der Waals surface area (Å²) in [5.74, 6) is -0.00292. The Labute approximate surface area is 167 Å². The number of carbonyl (C=O) groups excluding carboxylic acids is 1. The molecular weight excluding hydrogens is 351 g/mol. The molecule has 4 rings (SSSR count). The Hall–Kier alpha value is -2.36. The van der Waals surface area contributed by atoms with E-state index in [2.05, 4.69) is 36.6 Å². The Morgan fingerprint density at radius 2 is 1.93 bits per heavy atom. The fourth-order valence-electron chi connectivity index (χ4n) is 5.29. The Morgan fingerprint density at radius 1 is 1.14 bits per heavy atom. The number of anilines is 1. The minimum Gasteiger partial charge on any atom is -0.364 e. The van der Waals surface area contributed by atoms with Gasteiger partial charge in [0.25, 0.3) is 0 Å². The summed E-state index contributed by atoms with van der Waals surface area (Å²) in [6.07, 6.45) is 3.42. The monoisotopic (exact) mass is 380 g/mol. The van der Waals surface area contributed by atoms with Crippen molar-refractivity contribution in [3.8, 4) is 0 Å². The molecule has 0 radical (unpaired) electrons. The zero-order valence-electron chi connectivity index (χ0n) is 17.0. The average molecular weight is 381 g/mol. The highest BCUT2D eigenvalue weighted by Gasteiger charge is 2.54. The zero-order chi connectivity index (χ0) is 19.9. The largest absolute Gasteiger partial charge is 0.364 e. The van der Waals surface area contributed by atoms with Crippen molar-refractivity contribution in [3.05, 3.63) is 65.5 Å². The van der Waals surface area contributed by atoms with Crippen molar-refractivity contribution in [1.29, 1.82) is 0 Å². The quantitative estimate of drug-likeness (QED) is 0.769. The third-order valence-corrected chi connectivity index (χ3v) is 6.57. The number of nitrogens with zero attached hydrogens (tertiary/aromatic N) is 2. The van der Waals surface area contributed by atoms with Crippen LogP contribution >= 0.6 is 0 Å². The molecule has 0 saturated carbocycles. The van der Waals surface area contributed by atoms with Crippen molar-refractivity contribution in [1.82, 2.24) is 4.90 Å². The van der Waals surface area contributed by atoms with E-state index in [1.54, 1.807) is 12.1 Å². The molecule has 4 heteroatoms. The van der Waals surface area contributed by atoms with Gasteiger partial charge in [-0.1, -0.05) is 30.3 Å². The highest BCUT2D eigenvalue weighted by molar-refractivity contribution is 5.80. The molecule has 1 atom stereocenters. The number of carbonyl (C=O) groups is 1. The number of halogens is 1. The summed E-state index contributed by atoms with van der Waals surface area (Å²) in [7, 11) is 0. The molecule has 148 valence electrons. The van der Waals surface area contributed by atoms with Crippen LogP contribution in [0.4, 0.5) is 10.1 Å². The second kappa shape index (κ2) is 6.91. The summed E-state index contributed by atoms with van der Waals surface area (Å²) >= 11 is 0. The molecule has 3 nitrogen and oxygen atoms in total. The van der Waals surface area contributed by atoms with E-state index in [1.807, 2.05) is 24.3 Å². The number of aryl methyl sites for hydroxylation is 1. The van der Waals surface area contributed by atoms with Crippen molar-refractivity contribution in [3.63, 3.8) is 0 Å². The second-order valence-corrected chi connectivity index (χ2v) is 9.03. The molecule has 1 spiro atoms. The summed E-state index contributed by atoms with van der Waals surface area (Å²) in [5, 5.41) is 0. The summed E-state index contributed by atoms with van der Waals surface area (Å²) < 4.78 is 13.8. The molecule has 2 saturated heterocycles. The molecule has 0 aliphatic carbocycles. The van der Waals surface area contributed by atoms with Crippen LogP contribution in [0, 0.1) is 12.7 Å². The van der Waals surface area contributed by atoms with E-state index in [0.29, 0.717) is 6.42 Å². The van der Waals surface area contributed by atoms with E-state index >= 15 is 0 Å². The lowest BCUT2D eigenvalue weighted by Gasteiger charge is -2.35. The molecule has 2 aliphatic heterocycles. The predicted octanol–water partition coefficient (Wildman–Crippen LogP) is 4.73. The van der Waals surface area contributed by atoms with Crippen LogP contribution in [0.5, 0.6) is 0 Å². The van der Waals surface area contributed by atoms with Gasteiger partial charge in [-0.05, 0) is 69.4 Å². The number of hydrogen-bond acceptors (Lipinski definition) is 2. The van der Waals surface area contributed by atoms with Gasteiger partial charge in [-0.3, -0.25) is 4.79 Å². The molecule has 1 amide bonds. The molecule has 2 heterocycles. The van der Waals surface area contributed by atoms with E-state index in [0.717, 1.165) is 49.2 Å². The molecular formula is C24H29FN2O. The smallest absolute Gasteiger partial charge is 0.227 e. The summed E-state index contributed by atoms with van der Waals surface area (Å²) in [4.78, 5) is 17.7. The first-order valence-corrected chi connectivity index (χ1v) is 10.2. The standard InChI is InChI=1S/C24H29FN2O/c1-18-8-4-5-9-19(18)14-22(28)26-13-7-12-24(26)16-23(2,3)27(17-24)21-11-6-10-20(25)15-21/h4-6,8-11,15H,7,12-14,16-17H2,1-3H3. The summed E-state index contributed by atoms with van der Waals surface area (Å²) in [6, 6.07) is 14.9. The van der Waals surface area contributed by atoms with Gasteiger partial charge in [0.05, 0.1) is 12.0 Å². The molecule has 0 aromatic heterocycles. The average Bonchev–Trinajstić information content (AvgIpc) is 3.16. The molecule has 2 aromatic carbocycles. The van der Waals surface area contributed by atoms with Gasteiger partial charge >= 0.3 is 0 Å². The normalized spacial score (nSPS) is 23.6. The van der Waals surface area contributed by atoms with Crippen LogP contribution in [-0.2, 0) is 11.2 Å². The third-order valence-electron chi connectivity index (χ3n) is 6.57. The lowest BCUT2D eigenvalue weighted by atomic mass is 9.87. The third kappa shape index (κ3) is 3.30. The van der Waals surface area contributed by atoms with Gasteiger partial charge in [-0.15, -0.1) is 0 Å². The van der Waals surface area contributed by atoms with E-state index < -0.39 is 0 Å². The van der Waals surface area contributed by atoms with Crippen LogP contribution < -0.4 is 4.90 Å². The van der Waals surface area contributed by atoms with E-state index in [1.165, 1.54) is 6.07 Å². The van der Waals surface area contributed by atoms with Crippen LogP contribution in [0.15, 0.2) is 48.5 Å². The maximum atomic E-state index is 13.8. The summed E-state index contributed by atoms with van der Waals surface area (Å²) in [6.45, 7) is 8.05. The van der Waals surface area contributed by atoms with Gasteiger partial charge in [0.1, 0.15) is 5.82 Å². The first-order chi connectivity index (χ1) is 13.3. The SMILES string of the molecule is Cc1ccccc1CC(=O)N1CCCC12CN(c1cccc(F)c1)C(C)(C)C2. The highest BCUT2D eigenvalue weighted by Crippen LogP contribution is 2.47. The van der Waals surface area contributed by atoms with Gasteiger partial charge in [0.15, 0.2) is 0 Å². The Morgan fingerprint density at radius 3 is 2.68 bits per heavy atom. The van der Waals surface area contributed by atoms with Gasteiger partial charge in [0.2, 0.25) is 5.91 Å². The summed E-state index contributed by atoms with van der Waals surface area (Å²) in [5.41, 5.74) is 2.89.